The average Bonchev–Trinajstić information content (AvgIpc) is 3.08. The van der Waals surface area contributed by atoms with E-state index >= 15 is 0 Å². The molecule has 0 atom stereocenters. The van der Waals surface area contributed by atoms with E-state index in [4.69, 9.17) is 9.15 Å². The van der Waals surface area contributed by atoms with Crippen molar-refractivity contribution in [3.63, 3.8) is 0 Å². The summed E-state index contributed by atoms with van der Waals surface area (Å²) in [5, 5.41) is 3.15. The predicted octanol–water partition coefficient (Wildman–Crippen LogP) is 0.190. The van der Waals surface area contributed by atoms with Gasteiger partial charge in [0.05, 0.1) is 12.9 Å². The van der Waals surface area contributed by atoms with Crippen LogP contribution in [0.3, 0.4) is 0 Å². The van der Waals surface area contributed by atoms with Gasteiger partial charge >= 0.3 is 0 Å². The molecule has 0 aromatic carbocycles. The number of carbonyl (C=O) groups excluding carboxylic acids is 2. The number of carbonyl (C=O) groups is 2. The summed E-state index contributed by atoms with van der Waals surface area (Å²) in [6, 6.07) is 3.36. The van der Waals surface area contributed by atoms with Crippen molar-refractivity contribution in [3.05, 3.63) is 24.2 Å². The van der Waals surface area contributed by atoms with E-state index in [1.807, 2.05) is 4.90 Å². The SMILES string of the molecule is COCCNCCC(=O)N1CCN(C(=O)c2ccco2)CC1. The van der Waals surface area contributed by atoms with E-state index in [0.29, 0.717) is 51.5 Å². The highest BCUT2D eigenvalue weighted by atomic mass is 16.5. The number of rotatable bonds is 7. The fraction of sp³-hybridized carbons (Fsp3) is 0.600. The van der Waals surface area contributed by atoms with Crippen molar-refractivity contribution in [2.75, 3.05) is 53.0 Å². The highest BCUT2D eigenvalue weighted by Crippen LogP contribution is 2.10. The van der Waals surface area contributed by atoms with Crippen LogP contribution in [0, 0.1) is 0 Å². The zero-order valence-electron chi connectivity index (χ0n) is 12.9. The lowest BCUT2D eigenvalue weighted by Gasteiger charge is -2.34. The molecule has 2 amide bonds. The van der Waals surface area contributed by atoms with Gasteiger partial charge in [-0.05, 0) is 12.1 Å². The van der Waals surface area contributed by atoms with E-state index in [-0.39, 0.29) is 11.8 Å². The minimum absolute atomic E-state index is 0.113. The number of ether oxygens (including phenoxy) is 1. The molecule has 7 heteroatoms. The van der Waals surface area contributed by atoms with Crippen LogP contribution in [0.15, 0.2) is 22.8 Å². The molecule has 0 unspecified atom stereocenters. The van der Waals surface area contributed by atoms with Crippen LogP contribution in [-0.2, 0) is 9.53 Å². The Labute approximate surface area is 130 Å². The molecule has 2 rings (SSSR count). The predicted molar refractivity (Wildman–Crippen MR) is 80.6 cm³/mol. The third-order valence-electron chi connectivity index (χ3n) is 3.65. The summed E-state index contributed by atoms with van der Waals surface area (Å²) in [7, 11) is 1.65. The Morgan fingerprint density at radius 2 is 1.95 bits per heavy atom. The number of furan rings is 1. The first-order valence-corrected chi connectivity index (χ1v) is 7.52. The molecule has 22 heavy (non-hydrogen) atoms. The lowest BCUT2D eigenvalue weighted by atomic mass is 10.2. The number of methoxy groups -OCH3 is 1. The maximum atomic E-state index is 12.1. The first-order chi connectivity index (χ1) is 10.7. The Balaban J connectivity index is 1.68. The molecule has 0 saturated carbocycles. The largest absolute Gasteiger partial charge is 0.459 e. The Morgan fingerprint density at radius 1 is 1.23 bits per heavy atom. The van der Waals surface area contributed by atoms with E-state index in [1.54, 1.807) is 24.1 Å². The minimum atomic E-state index is -0.113. The highest BCUT2D eigenvalue weighted by Gasteiger charge is 2.25. The van der Waals surface area contributed by atoms with E-state index in [9.17, 15) is 9.59 Å². The van der Waals surface area contributed by atoms with Crippen LogP contribution in [0.2, 0.25) is 0 Å². The molecule has 1 fully saturated rings. The number of amides is 2. The van der Waals surface area contributed by atoms with Crippen LogP contribution in [0.4, 0.5) is 0 Å². The van der Waals surface area contributed by atoms with Gasteiger partial charge in [-0.15, -0.1) is 0 Å². The van der Waals surface area contributed by atoms with Crippen LogP contribution in [0.1, 0.15) is 17.0 Å². The fourth-order valence-corrected chi connectivity index (χ4v) is 2.37. The molecule has 1 N–H and O–H groups in total. The van der Waals surface area contributed by atoms with Crippen molar-refractivity contribution in [3.8, 4) is 0 Å². The van der Waals surface area contributed by atoms with Crippen LogP contribution in [0.25, 0.3) is 0 Å². The normalized spacial score (nSPS) is 15.1. The van der Waals surface area contributed by atoms with Crippen molar-refractivity contribution in [2.45, 2.75) is 6.42 Å². The molecule has 1 aromatic rings. The summed E-state index contributed by atoms with van der Waals surface area (Å²) in [5.41, 5.74) is 0. The highest BCUT2D eigenvalue weighted by molar-refractivity contribution is 5.91. The molecule has 1 aliphatic rings. The first kappa shape index (κ1) is 16.5. The van der Waals surface area contributed by atoms with Crippen molar-refractivity contribution < 1.29 is 18.7 Å². The molecule has 0 bridgehead atoms. The lowest BCUT2D eigenvalue weighted by molar-refractivity contribution is -0.132. The van der Waals surface area contributed by atoms with Crippen LogP contribution < -0.4 is 5.32 Å². The summed E-state index contributed by atoms with van der Waals surface area (Å²) in [6.45, 7) is 4.27. The van der Waals surface area contributed by atoms with Crippen molar-refractivity contribution in [1.29, 1.82) is 0 Å². The van der Waals surface area contributed by atoms with Crippen LogP contribution >= 0.6 is 0 Å². The average molecular weight is 309 g/mol. The Bertz CT molecular complexity index is 467. The van der Waals surface area contributed by atoms with E-state index in [0.717, 1.165) is 6.54 Å². The molecular formula is C15H23N3O4. The summed E-state index contributed by atoms with van der Waals surface area (Å²) >= 11 is 0. The molecule has 1 aromatic heterocycles. The number of piperazine rings is 1. The van der Waals surface area contributed by atoms with Gasteiger partial charge in [-0.25, -0.2) is 0 Å². The van der Waals surface area contributed by atoms with Crippen LogP contribution in [0.5, 0.6) is 0 Å². The molecular weight excluding hydrogens is 286 g/mol. The first-order valence-electron chi connectivity index (χ1n) is 7.52. The molecule has 1 aliphatic heterocycles. The van der Waals surface area contributed by atoms with Gasteiger partial charge in [0, 0.05) is 52.8 Å². The summed E-state index contributed by atoms with van der Waals surface area (Å²) in [4.78, 5) is 27.7. The standard InChI is InChI=1S/C15H23N3O4/c1-21-12-6-16-5-4-14(19)17-7-9-18(10-8-17)15(20)13-3-2-11-22-13/h2-3,11,16H,4-10,12H2,1H3. The van der Waals surface area contributed by atoms with Gasteiger partial charge in [-0.1, -0.05) is 0 Å². The number of hydrogen-bond acceptors (Lipinski definition) is 5. The Morgan fingerprint density at radius 3 is 2.59 bits per heavy atom. The van der Waals surface area contributed by atoms with E-state index < -0.39 is 0 Å². The number of hydrogen-bond donors (Lipinski definition) is 1. The molecule has 0 spiro atoms. The second-order valence-electron chi connectivity index (χ2n) is 5.14. The number of nitrogens with one attached hydrogen (secondary N) is 1. The molecule has 0 aliphatic carbocycles. The second kappa shape index (κ2) is 8.55. The van der Waals surface area contributed by atoms with Gasteiger partial charge in [0.15, 0.2) is 5.76 Å². The van der Waals surface area contributed by atoms with Gasteiger partial charge in [0.25, 0.3) is 5.91 Å². The van der Waals surface area contributed by atoms with Crippen molar-refractivity contribution >= 4 is 11.8 Å². The molecule has 0 radical (unpaired) electrons. The van der Waals surface area contributed by atoms with Gasteiger partial charge < -0.3 is 24.3 Å². The van der Waals surface area contributed by atoms with E-state index in [1.165, 1.54) is 6.26 Å². The summed E-state index contributed by atoms with van der Waals surface area (Å²) < 4.78 is 10.0. The fourth-order valence-electron chi connectivity index (χ4n) is 2.37. The summed E-state index contributed by atoms with van der Waals surface area (Å²) in [6.07, 6.45) is 1.96. The van der Waals surface area contributed by atoms with Crippen molar-refractivity contribution in [2.24, 2.45) is 0 Å². The molecule has 122 valence electrons. The topological polar surface area (TPSA) is 75.0 Å². The third-order valence-corrected chi connectivity index (χ3v) is 3.65. The smallest absolute Gasteiger partial charge is 0.289 e. The zero-order chi connectivity index (χ0) is 15.8. The quantitative estimate of drug-likeness (QED) is 0.728. The lowest BCUT2D eigenvalue weighted by Crippen LogP contribution is -2.50. The third kappa shape index (κ3) is 4.57. The maximum Gasteiger partial charge on any atom is 0.289 e. The molecule has 2 heterocycles. The van der Waals surface area contributed by atoms with E-state index in [2.05, 4.69) is 5.32 Å². The molecule has 1 saturated heterocycles. The summed E-state index contributed by atoms with van der Waals surface area (Å²) in [5.74, 6) is 0.357. The molecule has 7 nitrogen and oxygen atoms in total. The number of nitrogens with zero attached hydrogens (tertiary/aromatic N) is 2. The van der Waals surface area contributed by atoms with Gasteiger partial charge in [0.2, 0.25) is 5.91 Å². The maximum absolute atomic E-state index is 12.1. The van der Waals surface area contributed by atoms with Gasteiger partial charge in [-0.2, -0.15) is 0 Å². The van der Waals surface area contributed by atoms with Crippen molar-refractivity contribution in [1.82, 2.24) is 15.1 Å². The Kier molecular flexibility index (Phi) is 6.42. The Hall–Kier alpha value is -1.86. The zero-order valence-corrected chi connectivity index (χ0v) is 12.9. The minimum Gasteiger partial charge on any atom is -0.459 e. The monoisotopic (exact) mass is 309 g/mol. The van der Waals surface area contributed by atoms with Gasteiger partial charge in [0.1, 0.15) is 0 Å². The van der Waals surface area contributed by atoms with Crippen LogP contribution in [-0.4, -0.2) is 74.6 Å². The van der Waals surface area contributed by atoms with Gasteiger partial charge in [-0.3, -0.25) is 9.59 Å². The second-order valence-corrected chi connectivity index (χ2v) is 5.14.